The van der Waals surface area contributed by atoms with Crippen LogP contribution >= 0.6 is 0 Å². The second-order valence-corrected chi connectivity index (χ2v) is 7.31. The number of nitrogens with zero attached hydrogens (tertiary/aromatic N) is 4. The van der Waals surface area contributed by atoms with Gasteiger partial charge in [0.05, 0.1) is 17.9 Å². The minimum Gasteiger partial charge on any atom is -0.339 e. The summed E-state index contributed by atoms with van der Waals surface area (Å²) in [4.78, 5) is 13.3. The van der Waals surface area contributed by atoms with Crippen LogP contribution in [0, 0.1) is 0 Å². The lowest BCUT2D eigenvalue weighted by molar-refractivity contribution is -0.130. The van der Waals surface area contributed by atoms with Gasteiger partial charge in [-0.1, -0.05) is 6.07 Å². The first-order valence-corrected chi connectivity index (χ1v) is 8.90. The predicted molar refractivity (Wildman–Crippen MR) is 82.4 cm³/mol. The first-order chi connectivity index (χ1) is 10.5. The zero-order valence-electron chi connectivity index (χ0n) is 11.7. The monoisotopic (exact) mass is 341 g/mol. The number of piperazine rings is 1. The first kappa shape index (κ1) is 15.3. The maximum Gasteiger partial charge on any atom is 0.245 e. The van der Waals surface area contributed by atoms with Crippen molar-refractivity contribution in [3.8, 4) is 0 Å². The Morgan fingerprint density at radius 1 is 1.23 bits per heavy atom. The molecule has 0 radical (unpaired) electrons. The van der Waals surface area contributed by atoms with Gasteiger partial charge in [-0.05, 0) is 12.1 Å². The molecule has 10 heteroatoms. The summed E-state index contributed by atoms with van der Waals surface area (Å²) in [6, 6.07) is 4.93. The average Bonchev–Trinajstić information content (AvgIpc) is 3.02. The Labute approximate surface area is 131 Å². The normalized spacial score (nSPS) is 18.1. The number of fused-ring (bicyclic) bond motifs is 1. The second kappa shape index (κ2) is 5.88. The molecule has 3 rings (SSSR count). The molecule has 1 aromatic rings. The van der Waals surface area contributed by atoms with E-state index in [9.17, 15) is 13.2 Å². The molecule has 118 valence electrons. The van der Waals surface area contributed by atoms with Crippen LogP contribution in [-0.2, 0) is 26.2 Å². The molecular formula is C12H15N5O3S2. The number of benzene rings is 1. The fourth-order valence-electron chi connectivity index (χ4n) is 2.44. The SMILES string of the molecule is NCC(=O)N1CCN(S(=O)(=O)c2cccc3c2N=S=N3)CC1. The van der Waals surface area contributed by atoms with Crippen LogP contribution in [0.3, 0.4) is 0 Å². The Morgan fingerprint density at radius 3 is 2.64 bits per heavy atom. The molecule has 2 N–H and O–H groups in total. The van der Waals surface area contributed by atoms with E-state index in [0.29, 0.717) is 24.5 Å². The van der Waals surface area contributed by atoms with Crippen molar-refractivity contribution < 1.29 is 13.2 Å². The van der Waals surface area contributed by atoms with Gasteiger partial charge in [0.15, 0.2) is 0 Å². The van der Waals surface area contributed by atoms with Crippen molar-refractivity contribution in [1.82, 2.24) is 9.21 Å². The number of amides is 1. The van der Waals surface area contributed by atoms with E-state index >= 15 is 0 Å². The molecule has 2 heterocycles. The minimum absolute atomic E-state index is 0.0590. The van der Waals surface area contributed by atoms with E-state index in [-0.39, 0.29) is 30.4 Å². The number of rotatable bonds is 3. The van der Waals surface area contributed by atoms with Crippen molar-refractivity contribution in [1.29, 1.82) is 0 Å². The second-order valence-electron chi connectivity index (χ2n) is 4.88. The Morgan fingerprint density at radius 2 is 1.95 bits per heavy atom. The van der Waals surface area contributed by atoms with Gasteiger partial charge in [0.25, 0.3) is 0 Å². The molecule has 0 unspecified atom stereocenters. The van der Waals surface area contributed by atoms with Gasteiger partial charge in [-0.15, -0.1) is 0 Å². The zero-order valence-corrected chi connectivity index (χ0v) is 13.3. The highest BCUT2D eigenvalue weighted by Crippen LogP contribution is 2.38. The number of carbonyl (C=O) groups is 1. The van der Waals surface area contributed by atoms with Crippen molar-refractivity contribution in [3.05, 3.63) is 18.2 Å². The molecule has 0 spiro atoms. The first-order valence-electron chi connectivity index (χ1n) is 6.73. The lowest BCUT2D eigenvalue weighted by Crippen LogP contribution is -2.51. The Balaban J connectivity index is 1.83. The molecular weight excluding hydrogens is 326 g/mol. The molecule has 8 nitrogen and oxygen atoms in total. The fraction of sp³-hybridized carbons (Fsp3) is 0.417. The highest BCUT2D eigenvalue weighted by atomic mass is 32.2. The smallest absolute Gasteiger partial charge is 0.245 e. The van der Waals surface area contributed by atoms with Gasteiger partial charge in [0.2, 0.25) is 15.9 Å². The summed E-state index contributed by atoms with van der Waals surface area (Å²) in [5.74, 6) is -0.164. The summed E-state index contributed by atoms with van der Waals surface area (Å²) in [7, 11) is -3.65. The Hall–Kier alpha value is -1.62. The summed E-state index contributed by atoms with van der Waals surface area (Å²) >= 11 is 0.987. The van der Waals surface area contributed by atoms with Crippen molar-refractivity contribution in [2.75, 3.05) is 32.7 Å². The molecule has 0 aromatic heterocycles. The largest absolute Gasteiger partial charge is 0.339 e. The fourth-order valence-corrected chi connectivity index (χ4v) is 4.61. The minimum atomic E-state index is -3.65. The molecule has 0 bridgehead atoms. The molecule has 22 heavy (non-hydrogen) atoms. The molecule has 1 fully saturated rings. The van der Waals surface area contributed by atoms with E-state index in [4.69, 9.17) is 5.73 Å². The van der Waals surface area contributed by atoms with E-state index in [1.807, 2.05) is 0 Å². The van der Waals surface area contributed by atoms with Crippen LogP contribution in [0.1, 0.15) is 0 Å². The summed E-state index contributed by atoms with van der Waals surface area (Å²) in [6.07, 6.45) is 0. The third-order valence-electron chi connectivity index (χ3n) is 3.63. The van der Waals surface area contributed by atoms with Crippen molar-refractivity contribution >= 4 is 38.7 Å². The lowest BCUT2D eigenvalue weighted by atomic mass is 10.3. The lowest BCUT2D eigenvalue weighted by Gasteiger charge is -2.33. The maximum absolute atomic E-state index is 12.8. The summed E-state index contributed by atoms with van der Waals surface area (Å²) in [5, 5.41) is 0. The summed E-state index contributed by atoms with van der Waals surface area (Å²) in [5.41, 5.74) is 6.30. The van der Waals surface area contributed by atoms with Crippen LogP contribution in [0.25, 0.3) is 0 Å². The van der Waals surface area contributed by atoms with Gasteiger partial charge < -0.3 is 10.6 Å². The van der Waals surface area contributed by atoms with Crippen LogP contribution in [0.4, 0.5) is 11.4 Å². The van der Waals surface area contributed by atoms with E-state index in [1.165, 1.54) is 10.4 Å². The Kier molecular flexibility index (Phi) is 4.08. The van der Waals surface area contributed by atoms with Gasteiger partial charge in [0, 0.05) is 26.2 Å². The van der Waals surface area contributed by atoms with Gasteiger partial charge in [-0.25, -0.2) is 8.42 Å². The number of nitrogens with two attached hydrogens (primary N) is 1. The van der Waals surface area contributed by atoms with E-state index in [1.54, 1.807) is 17.0 Å². The molecule has 1 aromatic carbocycles. The number of sulfonamides is 1. The van der Waals surface area contributed by atoms with Crippen LogP contribution in [0.2, 0.25) is 0 Å². The van der Waals surface area contributed by atoms with Gasteiger partial charge in [-0.3, -0.25) is 4.79 Å². The van der Waals surface area contributed by atoms with Crippen LogP contribution in [-0.4, -0.2) is 56.3 Å². The number of hydrogen-bond acceptors (Lipinski definition) is 6. The Bertz CT molecular complexity index is 778. The third kappa shape index (κ3) is 2.58. The van der Waals surface area contributed by atoms with Crippen LogP contribution < -0.4 is 5.73 Å². The summed E-state index contributed by atoms with van der Waals surface area (Å²) < 4.78 is 35.1. The zero-order chi connectivity index (χ0) is 15.7. The quantitative estimate of drug-likeness (QED) is 0.860. The molecule has 1 amide bonds. The van der Waals surface area contributed by atoms with Gasteiger partial charge in [-0.2, -0.15) is 13.0 Å². The highest BCUT2D eigenvalue weighted by Gasteiger charge is 2.32. The molecule has 0 atom stereocenters. The van der Waals surface area contributed by atoms with E-state index in [0.717, 1.165) is 11.4 Å². The maximum atomic E-state index is 12.8. The van der Waals surface area contributed by atoms with Gasteiger partial charge in [0.1, 0.15) is 16.3 Å². The summed E-state index contributed by atoms with van der Waals surface area (Å²) in [6.45, 7) is 1.14. The van der Waals surface area contributed by atoms with E-state index in [2.05, 4.69) is 8.73 Å². The highest BCUT2D eigenvalue weighted by molar-refractivity contribution is 7.89. The third-order valence-corrected chi connectivity index (χ3v) is 6.11. The molecule has 1 saturated heterocycles. The van der Waals surface area contributed by atoms with Gasteiger partial charge >= 0.3 is 0 Å². The predicted octanol–water partition coefficient (Wildman–Crippen LogP) is 0.205. The van der Waals surface area contributed by atoms with Crippen LogP contribution in [0.15, 0.2) is 31.8 Å². The number of hydrogen-bond donors (Lipinski definition) is 1. The molecule has 2 aliphatic rings. The van der Waals surface area contributed by atoms with Crippen molar-refractivity contribution in [2.24, 2.45) is 14.5 Å². The van der Waals surface area contributed by atoms with Crippen LogP contribution in [0.5, 0.6) is 0 Å². The average molecular weight is 341 g/mol. The van der Waals surface area contributed by atoms with Crippen molar-refractivity contribution in [3.63, 3.8) is 0 Å². The molecule has 0 aliphatic carbocycles. The molecule has 2 aliphatic heterocycles. The topological polar surface area (TPSA) is 108 Å². The number of carbonyl (C=O) groups excluding carboxylic acids is 1. The standard InChI is InChI=1S/C12H15N5O3S2/c13-8-11(18)16-4-6-17(7-5-16)22(19,20)10-3-1-2-9-12(10)15-21-14-9/h1-3H,4-8,13H2. The molecule has 0 saturated carbocycles. The van der Waals surface area contributed by atoms with E-state index < -0.39 is 10.0 Å². The van der Waals surface area contributed by atoms with Crippen molar-refractivity contribution in [2.45, 2.75) is 4.90 Å².